The lowest BCUT2D eigenvalue weighted by Crippen LogP contribution is -2.34. The van der Waals surface area contributed by atoms with E-state index < -0.39 is 0 Å². The predicted octanol–water partition coefficient (Wildman–Crippen LogP) is 4.05. The van der Waals surface area contributed by atoms with Crippen LogP contribution in [0.5, 0.6) is 0 Å². The Balaban J connectivity index is 2.04. The number of nitriles is 1. The molecule has 1 aromatic carbocycles. The fourth-order valence-electron chi connectivity index (χ4n) is 3.26. The summed E-state index contributed by atoms with van der Waals surface area (Å²) >= 11 is 0. The van der Waals surface area contributed by atoms with Gasteiger partial charge in [0, 0.05) is 13.0 Å². The molecule has 3 heteroatoms. The van der Waals surface area contributed by atoms with Gasteiger partial charge < -0.3 is 4.90 Å². The van der Waals surface area contributed by atoms with Gasteiger partial charge in [0.25, 0.3) is 0 Å². The highest BCUT2D eigenvalue weighted by Crippen LogP contribution is 2.29. The van der Waals surface area contributed by atoms with Crippen LogP contribution in [0.25, 0.3) is 0 Å². The average Bonchev–Trinajstić information content (AvgIpc) is 3.01. The van der Waals surface area contributed by atoms with Crippen molar-refractivity contribution in [3.63, 3.8) is 0 Å². The fraction of sp³-hybridized carbons (Fsp3) is 0.556. The summed E-state index contributed by atoms with van der Waals surface area (Å²) in [5.74, 6) is 0.848. The number of rotatable bonds is 5. The number of amides is 1. The molecule has 1 aromatic rings. The van der Waals surface area contributed by atoms with Gasteiger partial charge in [-0.05, 0) is 50.3 Å². The molecule has 0 saturated heterocycles. The van der Waals surface area contributed by atoms with Crippen molar-refractivity contribution in [2.45, 2.75) is 52.0 Å². The van der Waals surface area contributed by atoms with Gasteiger partial charge in [-0.2, -0.15) is 5.26 Å². The minimum atomic E-state index is 0.0663. The van der Waals surface area contributed by atoms with E-state index >= 15 is 0 Å². The van der Waals surface area contributed by atoms with Crippen LogP contribution < -0.4 is 0 Å². The number of hydrogen-bond acceptors (Lipinski definition) is 2. The van der Waals surface area contributed by atoms with Crippen LogP contribution in [0, 0.1) is 17.2 Å². The Hall–Kier alpha value is -1.82. The Morgan fingerprint density at radius 3 is 2.48 bits per heavy atom. The molecule has 112 valence electrons. The molecule has 0 bridgehead atoms. The van der Waals surface area contributed by atoms with Crippen molar-refractivity contribution in [2.75, 3.05) is 6.54 Å². The molecule has 0 aromatic heterocycles. The zero-order chi connectivity index (χ0) is 15.2. The van der Waals surface area contributed by atoms with E-state index in [1.807, 2.05) is 36.1 Å². The average molecular weight is 284 g/mol. The summed E-state index contributed by atoms with van der Waals surface area (Å²) in [5.41, 5.74) is 1.75. The van der Waals surface area contributed by atoms with Crippen molar-refractivity contribution in [2.24, 2.45) is 5.92 Å². The van der Waals surface area contributed by atoms with Crippen molar-refractivity contribution in [3.8, 4) is 6.07 Å². The van der Waals surface area contributed by atoms with Gasteiger partial charge in [-0.25, -0.2) is 0 Å². The molecule has 1 aliphatic rings. The SMILES string of the molecule is CCN(C(=O)CC1CCCC1)C(C)c1ccc(C#N)cc1. The highest BCUT2D eigenvalue weighted by Gasteiger charge is 2.24. The highest BCUT2D eigenvalue weighted by atomic mass is 16.2. The van der Waals surface area contributed by atoms with Crippen LogP contribution >= 0.6 is 0 Å². The van der Waals surface area contributed by atoms with Crippen LogP contribution in [0.4, 0.5) is 0 Å². The molecule has 2 rings (SSSR count). The molecule has 1 saturated carbocycles. The summed E-state index contributed by atoms with van der Waals surface area (Å²) in [6, 6.07) is 9.74. The minimum Gasteiger partial charge on any atom is -0.336 e. The summed E-state index contributed by atoms with van der Waals surface area (Å²) in [5, 5.41) is 8.86. The lowest BCUT2D eigenvalue weighted by Gasteiger charge is -2.29. The van der Waals surface area contributed by atoms with E-state index in [0.717, 1.165) is 12.1 Å². The Morgan fingerprint density at radius 1 is 1.33 bits per heavy atom. The van der Waals surface area contributed by atoms with Crippen molar-refractivity contribution < 1.29 is 4.79 Å². The Bertz CT molecular complexity index is 509. The summed E-state index contributed by atoms with van der Waals surface area (Å²) < 4.78 is 0. The third-order valence-corrected chi connectivity index (χ3v) is 4.59. The molecule has 0 heterocycles. The number of nitrogens with zero attached hydrogens (tertiary/aromatic N) is 2. The van der Waals surface area contributed by atoms with Gasteiger partial charge in [-0.3, -0.25) is 4.79 Å². The first-order valence-electron chi connectivity index (χ1n) is 7.95. The highest BCUT2D eigenvalue weighted by molar-refractivity contribution is 5.77. The zero-order valence-corrected chi connectivity index (χ0v) is 13.0. The normalized spacial score (nSPS) is 16.4. The maximum atomic E-state index is 12.5. The quantitative estimate of drug-likeness (QED) is 0.818. The predicted molar refractivity (Wildman–Crippen MR) is 83.5 cm³/mol. The molecule has 1 aliphatic carbocycles. The number of benzene rings is 1. The zero-order valence-electron chi connectivity index (χ0n) is 13.0. The lowest BCUT2D eigenvalue weighted by molar-refractivity contribution is -0.134. The molecular formula is C18H24N2O. The third kappa shape index (κ3) is 3.85. The van der Waals surface area contributed by atoms with E-state index in [4.69, 9.17) is 5.26 Å². The van der Waals surface area contributed by atoms with Crippen LogP contribution in [0.15, 0.2) is 24.3 Å². The molecule has 1 atom stereocenters. The lowest BCUT2D eigenvalue weighted by atomic mass is 10.0. The van der Waals surface area contributed by atoms with Gasteiger partial charge in [-0.15, -0.1) is 0 Å². The molecule has 0 aliphatic heterocycles. The first-order valence-corrected chi connectivity index (χ1v) is 7.95. The fourth-order valence-corrected chi connectivity index (χ4v) is 3.26. The number of hydrogen-bond donors (Lipinski definition) is 0. The second kappa shape index (κ2) is 7.26. The van der Waals surface area contributed by atoms with Crippen molar-refractivity contribution in [3.05, 3.63) is 35.4 Å². The second-order valence-electron chi connectivity index (χ2n) is 5.94. The van der Waals surface area contributed by atoms with Crippen molar-refractivity contribution in [1.29, 1.82) is 5.26 Å². The molecule has 0 spiro atoms. The van der Waals surface area contributed by atoms with Gasteiger partial charge in [0.2, 0.25) is 5.91 Å². The molecule has 0 radical (unpaired) electrons. The van der Waals surface area contributed by atoms with E-state index in [-0.39, 0.29) is 11.9 Å². The molecule has 1 unspecified atom stereocenters. The molecule has 21 heavy (non-hydrogen) atoms. The van der Waals surface area contributed by atoms with Gasteiger partial charge >= 0.3 is 0 Å². The second-order valence-corrected chi connectivity index (χ2v) is 5.94. The Kier molecular flexibility index (Phi) is 5.38. The van der Waals surface area contributed by atoms with Crippen LogP contribution in [-0.2, 0) is 4.79 Å². The summed E-state index contributed by atoms with van der Waals surface area (Å²) in [6.07, 6.45) is 5.64. The summed E-state index contributed by atoms with van der Waals surface area (Å²) in [4.78, 5) is 14.5. The van der Waals surface area contributed by atoms with Crippen LogP contribution in [0.3, 0.4) is 0 Å². The molecule has 1 amide bonds. The van der Waals surface area contributed by atoms with Crippen LogP contribution in [-0.4, -0.2) is 17.4 Å². The molecule has 0 N–H and O–H groups in total. The molecule has 3 nitrogen and oxygen atoms in total. The largest absolute Gasteiger partial charge is 0.336 e. The van der Waals surface area contributed by atoms with E-state index in [1.54, 1.807) is 0 Å². The van der Waals surface area contributed by atoms with Crippen molar-refractivity contribution in [1.82, 2.24) is 4.90 Å². The van der Waals surface area contributed by atoms with Crippen LogP contribution in [0.1, 0.15) is 63.1 Å². The van der Waals surface area contributed by atoms with E-state index in [9.17, 15) is 4.79 Å². The van der Waals surface area contributed by atoms with E-state index in [2.05, 4.69) is 13.0 Å². The summed E-state index contributed by atoms with van der Waals surface area (Å²) in [7, 11) is 0. The first kappa shape index (κ1) is 15.6. The monoisotopic (exact) mass is 284 g/mol. The van der Waals surface area contributed by atoms with Gasteiger partial charge in [0.15, 0.2) is 0 Å². The third-order valence-electron chi connectivity index (χ3n) is 4.59. The topological polar surface area (TPSA) is 44.1 Å². The minimum absolute atomic E-state index is 0.0663. The smallest absolute Gasteiger partial charge is 0.223 e. The molecule has 1 fully saturated rings. The van der Waals surface area contributed by atoms with Crippen molar-refractivity contribution >= 4 is 5.91 Å². The first-order chi connectivity index (χ1) is 10.2. The van der Waals surface area contributed by atoms with Gasteiger partial charge in [-0.1, -0.05) is 25.0 Å². The van der Waals surface area contributed by atoms with Gasteiger partial charge in [0.1, 0.15) is 0 Å². The maximum absolute atomic E-state index is 12.5. The van der Waals surface area contributed by atoms with Gasteiger partial charge in [0.05, 0.1) is 17.7 Å². The summed E-state index contributed by atoms with van der Waals surface area (Å²) in [6.45, 7) is 4.83. The number of carbonyl (C=O) groups excluding carboxylic acids is 1. The Labute approximate surface area is 127 Å². The maximum Gasteiger partial charge on any atom is 0.223 e. The van der Waals surface area contributed by atoms with E-state index in [1.165, 1.54) is 25.7 Å². The Morgan fingerprint density at radius 2 is 1.95 bits per heavy atom. The van der Waals surface area contributed by atoms with Crippen LogP contribution in [0.2, 0.25) is 0 Å². The van der Waals surface area contributed by atoms with E-state index in [0.29, 0.717) is 17.9 Å². The standard InChI is InChI=1S/C18H24N2O/c1-3-20(18(21)12-15-6-4-5-7-15)14(2)17-10-8-16(13-19)9-11-17/h8-11,14-15H,3-7,12H2,1-2H3. The molecular weight excluding hydrogens is 260 g/mol. The number of carbonyl (C=O) groups is 1.